The van der Waals surface area contributed by atoms with E-state index in [0.29, 0.717) is 24.7 Å². The van der Waals surface area contributed by atoms with Gasteiger partial charge in [0.2, 0.25) is 5.95 Å². The molecule has 0 aliphatic carbocycles. The van der Waals surface area contributed by atoms with Crippen LogP contribution in [0.5, 0.6) is 0 Å². The SMILES string of the molecule is C[C@@H](NC(=O)c1ccnc(N2CC[C@H](NC(=O)OC(C)(C)C)C2)n1)c1cccc2ccccc12. The van der Waals surface area contributed by atoms with E-state index in [-0.39, 0.29) is 18.0 Å². The van der Waals surface area contributed by atoms with Gasteiger partial charge in [0.25, 0.3) is 5.91 Å². The molecular weight excluding hydrogens is 430 g/mol. The van der Waals surface area contributed by atoms with Crippen molar-refractivity contribution < 1.29 is 14.3 Å². The zero-order valence-corrected chi connectivity index (χ0v) is 20.0. The average molecular weight is 462 g/mol. The zero-order chi connectivity index (χ0) is 24.3. The Labute approximate surface area is 199 Å². The molecule has 2 heterocycles. The van der Waals surface area contributed by atoms with Crippen molar-refractivity contribution in [2.75, 3.05) is 18.0 Å². The van der Waals surface area contributed by atoms with Crippen LogP contribution in [0.3, 0.4) is 0 Å². The van der Waals surface area contributed by atoms with Gasteiger partial charge >= 0.3 is 6.09 Å². The fraction of sp³-hybridized carbons (Fsp3) is 0.385. The first-order valence-electron chi connectivity index (χ1n) is 11.6. The van der Waals surface area contributed by atoms with E-state index >= 15 is 0 Å². The number of hydrogen-bond donors (Lipinski definition) is 2. The van der Waals surface area contributed by atoms with Gasteiger partial charge in [-0.15, -0.1) is 0 Å². The molecule has 1 aliphatic rings. The highest BCUT2D eigenvalue weighted by molar-refractivity contribution is 5.93. The second-order valence-corrected chi connectivity index (χ2v) is 9.58. The maximum absolute atomic E-state index is 13.0. The number of benzene rings is 2. The Morgan fingerprint density at radius 3 is 2.68 bits per heavy atom. The molecule has 1 saturated heterocycles. The van der Waals surface area contributed by atoms with Crippen molar-refractivity contribution in [1.82, 2.24) is 20.6 Å². The van der Waals surface area contributed by atoms with E-state index in [0.717, 1.165) is 22.8 Å². The number of carbonyl (C=O) groups is 2. The molecule has 2 amide bonds. The molecule has 0 bridgehead atoms. The first-order chi connectivity index (χ1) is 16.2. The monoisotopic (exact) mass is 461 g/mol. The lowest BCUT2D eigenvalue weighted by atomic mass is 9.99. The minimum absolute atomic E-state index is 0.0673. The predicted molar refractivity (Wildman–Crippen MR) is 132 cm³/mol. The summed E-state index contributed by atoms with van der Waals surface area (Å²) in [6, 6.07) is 15.6. The highest BCUT2D eigenvalue weighted by atomic mass is 16.6. The quantitative estimate of drug-likeness (QED) is 0.590. The van der Waals surface area contributed by atoms with Crippen molar-refractivity contribution in [2.45, 2.75) is 51.8 Å². The average Bonchev–Trinajstić information content (AvgIpc) is 3.25. The van der Waals surface area contributed by atoms with Gasteiger partial charge in [-0.25, -0.2) is 14.8 Å². The van der Waals surface area contributed by atoms with E-state index < -0.39 is 11.7 Å². The maximum Gasteiger partial charge on any atom is 0.407 e. The summed E-state index contributed by atoms with van der Waals surface area (Å²) in [4.78, 5) is 35.9. The molecule has 0 spiro atoms. The van der Waals surface area contributed by atoms with Crippen molar-refractivity contribution in [2.24, 2.45) is 0 Å². The van der Waals surface area contributed by atoms with Crippen molar-refractivity contribution in [3.05, 3.63) is 66.0 Å². The normalized spacial score (nSPS) is 16.8. The Morgan fingerprint density at radius 1 is 1.12 bits per heavy atom. The molecule has 1 fully saturated rings. The largest absolute Gasteiger partial charge is 0.444 e. The van der Waals surface area contributed by atoms with E-state index in [1.807, 2.05) is 56.9 Å². The number of carbonyl (C=O) groups excluding carboxylic acids is 2. The summed E-state index contributed by atoms with van der Waals surface area (Å²) in [5, 5.41) is 8.20. The van der Waals surface area contributed by atoms with Crippen molar-refractivity contribution in [1.29, 1.82) is 0 Å². The lowest BCUT2D eigenvalue weighted by Gasteiger charge is -2.22. The predicted octanol–water partition coefficient (Wildman–Crippen LogP) is 4.22. The number of alkyl carbamates (subject to hydrolysis) is 1. The molecule has 34 heavy (non-hydrogen) atoms. The minimum Gasteiger partial charge on any atom is -0.444 e. The van der Waals surface area contributed by atoms with Crippen LogP contribution in [0, 0.1) is 0 Å². The van der Waals surface area contributed by atoms with Crippen LogP contribution in [0.1, 0.15) is 56.2 Å². The van der Waals surface area contributed by atoms with Gasteiger partial charge in [-0.05, 0) is 56.5 Å². The Morgan fingerprint density at radius 2 is 1.88 bits per heavy atom. The van der Waals surface area contributed by atoms with Crippen LogP contribution in [0.2, 0.25) is 0 Å². The number of aromatic nitrogens is 2. The number of hydrogen-bond acceptors (Lipinski definition) is 6. The highest BCUT2D eigenvalue weighted by Gasteiger charge is 2.28. The molecule has 2 aromatic carbocycles. The third-order valence-electron chi connectivity index (χ3n) is 5.70. The fourth-order valence-electron chi connectivity index (χ4n) is 4.14. The number of anilines is 1. The van der Waals surface area contributed by atoms with Gasteiger partial charge in [-0.3, -0.25) is 4.79 Å². The van der Waals surface area contributed by atoms with Crippen LogP contribution in [-0.4, -0.2) is 46.7 Å². The molecule has 8 nitrogen and oxygen atoms in total. The summed E-state index contributed by atoms with van der Waals surface area (Å²) in [6.45, 7) is 8.70. The lowest BCUT2D eigenvalue weighted by Crippen LogP contribution is -2.40. The molecule has 2 N–H and O–H groups in total. The molecule has 1 aromatic heterocycles. The summed E-state index contributed by atoms with van der Waals surface area (Å²) in [5.74, 6) is 0.214. The molecule has 178 valence electrons. The Kier molecular flexibility index (Phi) is 6.68. The fourth-order valence-corrected chi connectivity index (χ4v) is 4.14. The van der Waals surface area contributed by atoms with E-state index in [9.17, 15) is 9.59 Å². The molecule has 3 aromatic rings. The summed E-state index contributed by atoms with van der Waals surface area (Å²) in [7, 11) is 0. The Hall–Kier alpha value is -3.68. The van der Waals surface area contributed by atoms with Gasteiger partial charge in [-0.2, -0.15) is 0 Å². The maximum atomic E-state index is 13.0. The van der Waals surface area contributed by atoms with Crippen molar-refractivity contribution in [3.8, 4) is 0 Å². The number of rotatable bonds is 5. The minimum atomic E-state index is -0.545. The summed E-state index contributed by atoms with van der Waals surface area (Å²) < 4.78 is 5.34. The third kappa shape index (κ3) is 5.62. The molecule has 2 atom stereocenters. The molecule has 0 radical (unpaired) electrons. The molecule has 8 heteroatoms. The molecule has 1 aliphatic heterocycles. The standard InChI is InChI=1S/C26H31N5O3/c1-17(20-11-7-9-18-8-5-6-10-21(18)20)28-23(32)22-12-14-27-24(30-22)31-15-13-19(16-31)29-25(33)34-26(2,3)4/h5-12,14,17,19H,13,15-16H2,1-4H3,(H,28,32)(H,29,33)/t17-,19+/m1/s1. The van der Waals surface area contributed by atoms with Crippen LogP contribution in [0.15, 0.2) is 54.7 Å². The van der Waals surface area contributed by atoms with Crippen LogP contribution in [0.25, 0.3) is 10.8 Å². The van der Waals surface area contributed by atoms with Crippen LogP contribution < -0.4 is 15.5 Å². The zero-order valence-electron chi connectivity index (χ0n) is 20.0. The molecule has 4 rings (SSSR count). The highest BCUT2D eigenvalue weighted by Crippen LogP contribution is 2.24. The Balaban J connectivity index is 1.40. The molecular formula is C26H31N5O3. The number of nitrogens with zero attached hydrogens (tertiary/aromatic N) is 3. The van der Waals surface area contributed by atoms with Crippen LogP contribution in [0.4, 0.5) is 10.7 Å². The van der Waals surface area contributed by atoms with Crippen LogP contribution in [-0.2, 0) is 4.74 Å². The van der Waals surface area contributed by atoms with Gasteiger partial charge in [0.05, 0.1) is 12.1 Å². The number of amides is 2. The third-order valence-corrected chi connectivity index (χ3v) is 5.70. The van der Waals surface area contributed by atoms with E-state index in [1.165, 1.54) is 0 Å². The number of fused-ring (bicyclic) bond motifs is 1. The van der Waals surface area contributed by atoms with Gasteiger partial charge in [-0.1, -0.05) is 42.5 Å². The molecule has 0 saturated carbocycles. The van der Waals surface area contributed by atoms with Crippen molar-refractivity contribution in [3.63, 3.8) is 0 Å². The second-order valence-electron chi connectivity index (χ2n) is 9.58. The van der Waals surface area contributed by atoms with E-state index in [4.69, 9.17) is 4.74 Å². The smallest absolute Gasteiger partial charge is 0.407 e. The first kappa shape index (κ1) is 23.5. The lowest BCUT2D eigenvalue weighted by molar-refractivity contribution is 0.0508. The van der Waals surface area contributed by atoms with Gasteiger partial charge < -0.3 is 20.3 Å². The number of nitrogens with one attached hydrogen (secondary N) is 2. The second kappa shape index (κ2) is 9.67. The van der Waals surface area contributed by atoms with Gasteiger partial charge in [0.1, 0.15) is 11.3 Å². The Bertz CT molecular complexity index is 1190. The summed E-state index contributed by atoms with van der Waals surface area (Å²) >= 11 is 0. The summed E-state index contributed by atoms with van der Waals surface area (Å²) in [6.07, 6.45) is 1.90. The van der Waals surface area contributed by atoms with Crippen LogP contribution >= 0.6 is 0 Å². The topological polar surface area (TPSA) is 96.5 Å². The van der Waals surface area contributed by atoms with Crippen molar-refractivity contribution >= 4 is 28.7 Å². The van der Waals surface area contributed by atoms with Gasteiger partial charge in [0, 0.05) is 19.3 Å². The summed E-state index contributed by atoms with van der Waals surface area (Å²) in [5.41, 5.74) is 0.813. The number of ether oxygens (including phenoxy) is 1. The first-order valence-corrected chi connectivity index (χ1v) is 11.6. The van der Waals surface area contributed by atoms with Gasteiger partial charge in [0.15, 0.2) is 0 Å². The van der Waals surface area contributed by atoms with E-state index in [2.05, 4.69) is 38.8 Å². The molecule has 0 unspecified atom stereocenters. The van der Waals surface area contributed by atoms with E-state index in [1.54, 1.807) is 12.3 Å².